The first-order chi connectivity index (χ1) is 12.1. The molecule has 1 aromatic rings. The zero-order valence-corrected chi connectivity index (χ0v) is 15.8. The van der Waals surface area contributed by atoms with Crippen LogP contribution >= 0.6 is 0 Å². The standard InChI is InChI=1S/C21H33N3O/c1-17-12-18(2)15-23(14-17)16-20-8-10-24(11-9-20)21(25)22-13-19-6-4-3-5-7-19/h3-7,17-18,20H,8-16H2,1-2H3,(H,22,25). The summed E-state index contributed by atoms with van der Waals surface area (Å²) in [4.78, 5) is 17.0. The van der Waals surface area contributed by atoms with Gasteiger partial charge in [0.15, 0.2) is 0 Å². The molecule has 0 bridgehead atoms. The molecular formula is C21H33N3O. The quantitative estimate of drug-likeness (QED) is 0.907. The number of benzene rings is 1. The van der Waals surface area contributed by atoms with Crippen molar-refractivity contribution in [3.8, 4) is 0 Å². The summed E-state index contributed by atoms with van der Waals surface area (Å²) in [5.74, 6) is 2.40. The van der Waals surface area contributed by atoms with E-state index in [4.69, 9.17) is 0 Å². The molecule has 4 nitrogen and oxygen atoms in total. The van der Waals surface area contributed by atoms with Crippen LogP contribution in [0.25, 0.3) is 0 Å². The van der Waals surface area contributed by atoms with Crippen LogP contribution in [0.3, 0.4) is 0 Å². The number of nitrogens with one attached hydrogen (secondary N) is 1. The normalized spacial score (nSPS) is 25.8. The highest BCUT2D eigenvalue weighted by molar-refractivity contribution is 5.74. The van der Waals surface area contributed by atoms with Crippen LogP contribution in [0.15, 0.2) is 30.3 Å². The molecule has 2 atom stereocenters. The molecule has 0 saturated carbocycles. The minimum Gasteiger partial charge on any atom is -0.334 e. The number of nitrogens with zero attached hydrogens (tertiary/aromatic N) is 2. The van der Waals surface area contributed by atoms with Gasteiger partial charge in [-0.25, -0.2) is 4.79 Å². The van der Waals surface area contributed by atoms with Crippen molar-refractivity contribution >= 4 is 6.03 Å². The molecule has 2 amide bonds. The van der Waals surface area contributed by atoms with E-state index in [0.717, 1.165) is 49.2 Å². The zero-order chi connectivity index (χ0) is 17.6. The predicted molar refractivity (Wildman–Crippen MR) is 102 cm³/mol. The number of amides is 2. The molecule has 4 heteroatoms. The van der Waals surface area contributed by atoms with Gasteiger partial charge in [-0.3, -0.25) is 0 Å². The lowest BCUT2D eigenvalue weighted by Gasteiger charge is -2.39. The Morgan fingerprint density at radius 2 is 1.72 bits per heavy atom. The van der Waals surface area contributed by atoms with Gasteiger partial charge in [0.05, 0.1) is 0 Å². The van der Waals surface area contributed by atoms with E-state index in [0.29, 0.717) is 6.54 Å². The topological polar surface area (TPSA) is 35.6 Å². The van der Waals surface area contributed by atoms with Gasteiger partial charge in [0.1, 0.15) is 0 Å². The van der Waals surface area contributed by atoms with Crippen LogP contribution in [0.2, 0.25) is 0 Å². The fourth-order valence-corrected chi connectivity index (χ4v) is 4.51. The molecule has 3 rings (SSSR count). The van der Waals surface area contributed by atoms with Gasteiger partial charge in [0.2, 0.25) is 0 Å². The number of urea groups is 1. The first-order valence-electron chi connectivity index (χ1n) is 9.89. The Bertz CT molecular complexity index is 529. The van der Waals surface area contributed by atoms with Crippen LogP contribution in [0.1, 0.15) is 38.7 Å². The van der Waals surface area contributed by atoms with Gasteiger partial charge in [0.25, 0.3) is 0 Å². The van der Waals surface area contributed by atoms with Gasteiger partial charge in [-0.15, -0.1) is 0 Å². The number of rotatable bonds is 4. The van der Waals surface area contributed by atoms with Gasteiger partial charge < -0.3 is 15.1 Å². The molecule has 0 aromatic heterocycles. The molecule has 0 aliphatic carbocycles. The third-order valence-electron chi connectivity index (χ3n) is 5.65. The summed E-state index contributed by atoms with van der Waals surface area (Å²) < 4.78 is 0. The summed E-state index contributed by atoms with van der Waals surface area (Å²) in [7, 11) is 0. The van der Waals surface area contributed by atoms with E-state index in [-0.39, 0.29) is 6.03 Å². The second kappa shape index (κ2) is 8.70. The Kier molecular flexibility index (Phi) is 6.35. The summed E-state index contributed by atoms with van der Waals surface area (Å²) in [5.41, 5.74) is 1.15. The van der Waals surface area contributed by atoms with E-state index in [1.165, 1.54) is 26.1 Å². The first kappa shape index (κ1) is 18.2. The predicted octanol–water partition coefficient (Wildman–Crippen LogP) is 3.59. The van der Waals surface area contributed by atoms with Gasteiger partial charge in [-0.05, 0) is 42.6 Å². The van der Waals surface area contributed by atoms with E-state index < -0.39 is 0 Å². The third-order valence-corrected chi connectivity index (χ3v) is 5.65. The summed E-state index contributed by atoms with van der Waals surface area (Å²) >= 11 is 0. The number of likely N-dealkylation sites (tertiary alicyclic amines) is 2. The van der Waals surface area contributed by atoms with Crippen molar-refractivity contribution < 1.29 is 4.79 Å². The SMILES string of the molecule is CC1CC(C)CN(CC2CCN(C(=O)NCc3ccccc3)CC2)C1. The van der Waals surface area contributed by atoms with Gasteiger partial charge in [-0.1, -0.05) is 44.2 Å². The second-order valence-corrected chi connectivity index (χ2v) is 8.24. The zero-order valence-electron chi connectivity index (χ0n) is 15.8. The molecule has 2 unspecified atom stereocenters. The molecule has 2 heterocycles. The van der Waals surface area contributed by atoms with E-state index in [2.05, 4.69) is 24.1 Å². The van der Waals surface area contributed by atoms with Crippen LogP contribution in [-0.4, -0.2) is 48.6 Å². The summed E-state index contributed by atoms with van der Waals surface area (Å²) in [6.07, 6.45) is 3.65. The Morgan fingerprint density at radius 3 is 2.36 bits per heavy atom. The summed E-state index contributed by atoms with van der Waals surface area (Å²) in [5, 5.41) is 3.05. The van der Waals surface area contributed by atoms with Crippen molar-refractivity contribution in [1.29, 1.82) is 0 Å². The summed E-state index contributed by atoms with van der Waals surface area (Å²) in [6, 6.07) is 10.2. The van der Waals surface area contributed by atoms with Crippen molar-refractivity contribution in [3.63, 3.8) is 0 Å². The van der Waals surface area contributed by atoms with Crippen molar-refractivity contribution in [2.24, 2.45) is 17.8 Å². The maximum absolute atomic E-state index is 12.4. The number of carbonyl (C=O) groups excluding carboxylic acids is 1. The highest BCUT2D eigenvalue weighted by Gasteiger charge is 2.27. The third kappa shape index (κ3) is 5.46. The molecular weight excluding hydrogens is 310 g/mol. The minimum atomic E-state index is 0.0857. The number of hydrogen-bond donors (Lipinski definition) is 1. The second-order valence-electron chi connectivity index (χ2n) is 8.24. The van der Waals surface area contributed by atoms with E-state index in [9.17, 15) is 4.79 Å². The van der Waals surface area contributed by atoms with Crippen LogP contribution in [0, 0.1) is 17.8 Å². The molecule has 2 saturated heterocycles. The molecule has 1 aromatic carbocycles. The maximum Gasteiger partial charge on any atom is 0.317 e. The fourth-order valence-electron chi connectivity index (χ4n) is 4.51. The van der Waals surface area contributed by atoms with Crippen LogP contribution in [-0.2, 0) is 6.54 Å². The average Bonchev–Trinajstić information content (AvgIpc) is 2.60. The minimum absolute atomic E-state index is 0.0857. The molecule has 1 N–H and O–H groups in total. The highest BCUT2D eigenvalue weighted by Crippen LogP contribution is 2.25. The number of carbonyl (C=O) groups is 1. The molecule has 2 aliphatic heterocycles. The van der Waals surface area contributed by atoms with Crippen molar-refractivity contribution in [1.82, 2.24) is 15.1 Å². The number of hydrogen-bond acceptors (Lipinski definition) is 2. The van der Waals surface area contributed by atoms with Gasteiger partial charge in [-0.2, -0.15) is 0 Å². The van der Waals surface area contributed by atoms with E-state index >= 15 is 0 Å². The molecule has 138 valence electrons. The van der Waals surface area contributed by atoms with Gasteiger partial charge >= 0.3 is 6.03 Å². The van der Waals surface area contributed by atoms with E-state index in [1.54, 1.807) is 0 Å². The lowest BCUT2D eigenvalue weighted by atomic mass is 9.89. The molecule has 2 aliphatic rings. The molecule has 2 fully saturated rings. The monoisotopic (exact) mass is 343 g/mol. The van der Waals surface area contributed by atoms with Gasteiger partial charge in [0, 0.05) is 39.3 Å². The molecule has 0 spiro atoms. The van der Waals surface area contributed by atoms with Crippen molar-refractivity contribution in [2.75, 3.05) is 32.7 Å². The van der Waals surface area contributed by atoms with E-state index in [1.807, 2.05) is 35.2 Å². The largest absolute Gasteiger partial charge is 0.334 e. The lowest BCUT2D eigenvalue weighted by molar-refractivity contribution is 0.0995. The van der Waals surface area contributed by atoms with Crippen LogP contribution < -0.4 is 5.32 Å². The smallest absolute Gasteiger partial charge is 0.317 e. The Hall–Kier alpha value is -1.55. The lowest BCUT2D eigenvalue weighted by Crippen LogP contribution is -2.47. The molecule has 0 radical (unpaired) electrons. The Labute approximate surface area is 152 Å². The van der Waals surface area contributed by atoms with Crippen LogP contribution in [0.5, 0.6) is 0 Å². The van der Waals surface area contributed by atoms with Crippen LogP contribution in [0.4, 0.5) is 4.79 Å². The molecule has 25 heavy (non-hydrogen) atoms. The Morgan fingerprint density at radius 1 is 1.08 bits per heavy atom. The van der Waals surface area contributed by atoms with Crippen molar-refractivity contribution in [3.05, 3.63) is 35.9 Å². The maximum atomic E-state index is 12.4. The Balaban J connectivity index is 1.38. The average molecular weight is 344 g/mol. The van der Waals surface area contributed by atoms with Crippen molar-refractivity contribution in [2.45, 2.75) is 39.7 Å². The summed E-state index contributed by atoms with van der Waals surface area (Å²) in [6.45, 7) is 10.9. The first-order valence-corrected chi connectivity index (χ1v) is 9.89. The fraction of sp³-hybridized carbons (Fsp3) is 0.667. The highest BCUT2D eigenvalue weighted by atomic mass is 16.2. The number of piperidine rings is 2.